The van der Waals surface area contributed by atoms with Crippen molar-refractivity contribution < 1.29 is 24.9 Å². The lowest BCUT2D eigenvalue weighted by molar-refractivity contribution is -0.122. The molecule has 0 bridgehead atoms. The Morgan fingerprint density at radius 1 is 1.29 bits per heavy atom. The van der Waals surface area contributed by atoms with Gasteiger partial charge in [-0.1, -0.05) is 18.2 Å². The van der Waals surface area contributed by atoms with Crippen LogP contribution in [0.5, 0.6) is 5.75 Å². The predicted octanol–water partition coefficient (Wildman–Crippen LogP) is 0.716. The molecule has 1 amide bonds. The molecule has 1 aromatic rings. The van der Waals surface area contributed by atoms with Crippen LogP contribution in [-0.4, -0.2) is 27.9 Å². The molecule has 0 spiro atoms. The smallest absolute Gasteiger partial charge is 0.402 e. The van der Waals surface area contributed by atoms with Crippen LogP contribution >= 0.6 is 0 Å². The molecule has 1 rings (SSSR count). The molecule has 0 unspecified atom stereocenters. The van der Waals surface area contributed by atoms with E-state index in [1.165, 1.54) is 0 Å². The molecule has 78 valence electrons. The molecule has 0 atom stereocenters. The number of hydrogen-bond donors (Lipinski definition) is 4. The molecule has 6 heteroatoms. The average molecular weight is 201 g/mol. The van der Waals surface area contributed by atoms with Crippen molar-refractivity contribution in [2.45, 2.75) is 0 Å². The highest BCUT2D eigenvalue weighted by atomic mass is 16.4. The van der Waals surface area contributed by atoms with Gasteiger partial charge in [-0.25, -0.2) is 4.79 Å². The highest BCUT2D eigenvalue weighted by Crippen LogP contribution is 2.02. The van der Waals surface area contributed by atoms with Crippen LogP contribution in [0.25, 0.3) is 0 Å². The van der Waals surface area contributed by atoms with Crippen molar-refractivity contribution in [2.75, 3.05) is 0 Å². The molecule has 5 N–H and O–H groups in total. The molecule has 0 aromatic heterocycles. The molecule has 0 aliphatic rings. The molecular formula is C8H11NO5. The van der Waals surface area contributed by atoms with Gasteiger partial charge in [0.05, 0.1) is 0 Å². The van der Waals surface area contributed by atoms with Gasteiger partial charge in [-0.3, -0.25) is 4.79 Å². The summed E-state index contributed by atoms with van der Waals surface area (Å²) in [6.45, 7) is -0.250. The second kappa shape index (κ2) is 10.8. The molecule has 0 saturated carbocycles. The first-order chi connectivity index (χ1) is 6.54. The number of nitrogens with two attached hydrogens (primary N) is 1. The van der Waals surface area contributed by atoms with Gasteiger partial charge in [-0.2, -0.15) is 0 Å². The summed E-state index contributed by atoms with van der Waals surface area (Å²) in [6, 6.07) is 8.71. The molecule has 0 aliphatic carbocycles. The van der Waals surface area contributed by atoms with E-state index in [-0.39, 0.29) is 6.47 Å². The first kappa shape index (κ1) is 14.3. The Hall–Kier alpha value is -2.24. The summed E-state index contributed by atoms with van der Waals surface area (Å²) in [4.78, 5) is 17.1. The van der Waals surface area contributed by atoms with Gasteiger partial charge >= 0.3 is 6.09 Å². The molecule has 0 heterocycles. The lowest BCUT2D eigenvalue weighted by Gasteiger charge is -1.82. The van der Waals surface area contributed by atoms with Crippen molar-refractivity contribution in [3.8, 4) is 5.75 Å². The van der Waals surface area contributed by atoms with Crippen LogP contribution in [0.2, 0.25) is 0 Å². The fourth-order valence-electron chi connectivity index (χ4n) is 0.428. The van der Waals surface area contributed by atoms with E-state index < -0.39 is 6.09 Å². The van der Waals surface area contributed by atoms with E-state index in [0.29, 0.717) is 5.75 Å². The number of carboxylic acid groups (broad SMARTS) is 2. The number of hydrogen-bond acceptors (Lipinski definition) is 3. The van der Waals surface area contributed by atoms with Gasteiger partial charge in [-0.15, -0.1) is 0 Å². The van der Waals surface area contributed by atoms with E-state index >= 15 is 0 Å². The topological polar surface area (TPSA) is 121 Å². The van der Waals surface area contributed by atoms with Gasteiger partial charge < -0.3 is 21.1 Å². The fraction of sp³-hybridized carbons (Fsp3) is 0. The molecule has 6 nitrogen and oxygen atoms in total. The van der Waals surface area contributed by atoms with Crippen molar-refractivity contribution in [1.82, 2.24) is 0 Å². The van der Waals surface area contributed by atoms with Crippen molar-refractivity contribution in [3.05, 3.63) is 30.3 Å². The van der Waals surface area contributed by atoms with Gasteiger partial charge in [0.2, 0.25) is 0 Å². The molecule has 0 radical (unpaired) electrons. The van der Waals surface area contributed by atoms with Gasteiger partial charge in [-0.05, 0) is 12.1 Å². The summed E-state index contributed by atoms with van der Waals surface area (Å²) in [6.07, 6.45) is -1.33. The van der Waals surface area contributed by atoms with Gasteiger partial charge in [0.25, 0.3) is 6.47 Å². The Morgan fingerprint density at radius 3 is 1.71 bits per heavy atom. The highest BCUT2D eigenvalue weighted by Gasteiger charge is 1.74. The van der Waals surface area contributed by atoms with Crippen LogP contribution in [0, 0.1) is 0 Å². The van der Waals surface area contributed by atoms with Gasteiger partial charge in [0.1, 0.15) is 5.75 Å². The Morgan fingerprint density at radius 2 is 1.57 bits per heavy atom. The number of para-hydroxylation sites is 1. The summed E-state index contributed by atoms with van der Waals surface area (Å²) in [7, 11) is 0. The lowest BCUT2D eigenvalue weighted by atomic mass is 10.3. The third-order valence-electron chi connectivity index (χ3n) is 0.756. The van der Waals surface area contributed by atoms with E-state index in [1.807, 2.05) is 6.07 Å². The summed E-state index contributed by atoms with van der Waals surface area (Å²) >= 11 is 0. The van der Waals surface area contributed by atoms with Crippen LogP contribution in [-0.2, 0) is 4.79 Å². The van der Waals surface area contributed by atoms with Gasteiger partial charge in [0, 0.05) is 0 Å². The van der Waals surface area contributed by atoms with Crippen molar-refractivity contribution >= 4 is 12.6 Å². The Labute approximate surface area is 80.2 Å². The molecule has 0 saturated heterocycles. The Balaban J connectivity index is 0. The standard InChI is InChI=1S/C6H6O.CH3NO2.CH2O2/c7-6-4-2-1-3-5-6;2-1(3)4;2-1-3/h1-5,7H;2H2,(H,3,4);1H,(H,2,3). The van der Waals surface area contributed by atoms with E-state index in [9.17, 15) is 0 Å². The normalized spacial score (nSPS) is 6.86. The number of primary amides is 1. The maximum absolute atomic E-state index is 8.78. The number of phenols is 1. The van der Waals surface area contributed by atoms with Crippen LogP contribution in [0.4, 0.5) is 4.79 Å². The van der Waals surface area contributed by atoms with E-state index in [1.54, 1.807) is 24.3 Å². The molecule has 14 heavy (non-hydrogen) atoms. The predicted molar refractivity (Wildman–Crippen MR) is 49.0 cm³/mol. The van der Waals surface area contributed by atoms with E-state index in [0.717, 1.165) is 0 Å². The number of phenolic OH excluding ortho intramolecular Hbond substituents is 1. The molecule has 1 aromatic carbocycles. The van der Waals surface area contributed by atoms with Crippen LogP contribution in [0.15, 0.2) is 30.3 Å². The monoisotopic (exact) mass is 201 g/mol. The molecular weight excluding hydrogens is 190 g/mol. The van der Waals surface area contributed by atoms with E-state index in [4.69, 9.17) is 24.9 Å². The zero-order valence-corrected chi connectivity index (χ0v) is 7.20. The molecule has 0 fully saturated rings. The second-order valence-electron chi connectivity index (χ2n) is 1.78. The zero-order valence-electron chi connectivity index (χ0n) is 7.20. The minimum atomic E-state index is -1.33. The van der Waals surface area contributed by atoms with Crippen molar-refractivity contribution in [3.63, 3.8) is 0 Å². The van der Waals surface area contributed by atoms with Crippen LogP contribution in [0.3, 0.4) is 0 Å². The summed E-state index contributed by atoms with van der Waals surface area (Å²) in [5.74, 6) is 0.322. The Kier molecular flexibility index (Phi) is 11.0. The number of benzene rings is 1. The summed E-state index contributed by atoms with van der Waals surface area (Å²) in [5, 5.41) is 22.7. The number of aromatic hydroxyl groups is 1. The number of rotatable bonds is 0. The van der Waals surface area contributed by atoms with E-state index in [2.05, 4.69) is 5.73 Å². The zero-order chi connectivity index (χ0) is 11.4. The quantitative estimate of drug-likeness (QED) is 0.461. The van der Waals surface area contributed by atoms with Crippen LogP contribution < -0.4 is 5.73 Å². The van der Waals surface area contributed by atoms with Crippen LogP contribution in [0.1, 0.15) is 0 Å². The second-order valence-corrected chi connectivity index (χ2v) is 1.78. The Bertz CT molecular complexity index is 245. The minimum Gasteiger partial charge on any atom is -0.508 e. The minimum absolute atomic E-state index is 0.250. The third kappa shape index (κ3) is 22.6. The first-order valence-electron chi connectivity index (χ1n) is 3.34. The maximum atomic E-state index is 8.78. The maximum Gasteiger partial charge on any atom is 0.402 e. The van der Waals surface area contributed by atoms with Crippen molar-refractivity contribution in [2.24, 2.45) is 5.73 Å². The van der Waals surface area contributed by atoms with Crippen molar-refractivity contribution in [1.29, 1.82) is 0 Å². The average Bonchev–Trinajstić information content (AvgIpc) is 2.05. The highest BCUT2D eigenvalue weighted by molar-refractivity contribution is 5.61. The SMILES string of the molecule is NC(=O)O.O=CO.Oc1ccccc1. The lowest BCUT2D eigenvalue weighted by Crippen LogP contribution is -2.03. The summed E-state index contributed by atoms with van der Waals surface area (Å²) in [5.41, 5.74) is 4.03. The summed E-state index contributed by atoms with van der Waals surface area (Å²) < 4.78 is 0. The number of amides is 1. The first-order valence-corrected chi connectivity index (χ1v) is 3.34. The third-order valence-corrected chi connectivity index (χ3v) is 0.756. The molecule has 0 aliphatic heterocycles. The van der Waals surface area contributed by atoms with Gasteiger partial charge in [0.15, 0.2) is 0 Å². The number of carbonyl (C=O) groups is 2. The fourth-order valence-corrected chi connectivity index (χ4v) is 0.428. The largest absolute Gasteiger partial charge is 0.508 e.